The van der Waals surface area contributed by atoms with Gasteiger partial charge in [0.1, 0.15) is 6.04 Å². The number of carbonyl (C=O) groups is 2. The first-order chi connectivity index (χ1) is 9.85. The molecule has 5 nitrogen and oxygen atoms in total. The molecule has 0 saturated heterocycles. The summed E-state index contributed by atoms with van der Waals surface area (Å²) in [6.45, 7) is 3.98. The molecule has 21 heavy (non-hydrogen) atoms. The Hall–Kier alpha value is -1.59. The van der Waals surface area contributed by atoms with Crippen LogP contribution in [0.25, 0.3) is 0 Å². The van der Waals surface area contributed by atoms with Gasteiger partial charge in [-0.15, -0.1) is 0 Å². The largest absolute Gasteiger partial charge is 0.340 e. The number of nitrogens with one attached hydrogen (secondary N) is 1. The van der Waals surface area contributed by atoms with E-state index in [1.54, 1.807) is 24.3 Å². The first-order valence-electron chi connectivity index (χ1n) is 6.73. The van der Waals surface area contributed by atoms with Crippen LogP contribution in [0.3, 0.4) is 0 Å². The van der Waals surface area contributed by atoms with E-state index in [0.717, 1.165) is 5.06 Å². The Morgan fingerprint density at radius 3 is 2.33 bits per heavy atom. The molecule has 1 atom stereocenters. The van der Waals surface area contributed by atoms with E-state index >= 15 is 0 Å². The van der Waals surface area contributed by atoms with E-state index in [1.807, 2.05) is 13.8 Å². The topological polar surface area (TPSA) is 58.6 Å². The Morgan fingerprint density at radius 1 is 1.29 bits per heavy atom. The summed E-state index contributed by atoms with van der Waals surface area (Å²) in [5.41, 5.74) is 0.459. The first-order valence-corrected chi connectivity index (χ1v) is 7.11. The summed E-state index contributed by atoms with van der Waals surface area (Å²) in [4.78, 5) is 29.3. The van der Waals surface area contributed by atoms with Gasteiger partial charge in [-0.1, -0.05) is 25.4 Å². The number of hydrogen-bond donors (Lipinski definition) is 1. The molecule has 0 aliphatic rings. The van der Waals surface area contributed by atoms with E-state index in [0.29, 0.717) is 17.0 Å². The number of benzene rings is 1. The number of hydroxylamine groups is 2. The van der Waals surface area contributed by atoms with E-state index in [-0.39, 0.29) is 17.7 Å². The molecule has 0 aromatic heterocycles. The van der Waals surface area contributed by atoms with Gasteiger partial charge in [0, 0.05) is 17.6 Å². The zero-order valence-electron chi connectivity index (χ0n) is 12.7. The highest BCUT2D eigenvalue weighted by molar-refractivity contribution is 6.30. The summed E-state index contributed by atoms with van der Waals surface area (Å²) in [5.74, 6) is -0.335. The lowest BCUT2D eigenvalue weighted by Crippen LogP contribution is -2.47. The molecule has 2 amide bonds. The third-order valence-electron chi connectivity index (χ3n) is 3.00. The van der Waals surface area contributed by atoms with Crippen LogP contribution >= 0.6 is 11.6 Å². The summed E-state index contributed by atoms with van der Waals surface area (Å²) >= 11 is 5.79. The van der Waals surface area contributed by atoms with Crippen molar-refractivity contribution in [2.45, 2.75) is 26.3 Å². The quantitative estimate of drug-likeness (QED) is 0.821. The van der Waals surface area contributed by atoms with E-state index in [9.17, 15) is 9.59 Å². The summed E-state index contributed by atoms with van der Waals surface area (Å²) in [6.07, 6.45) is 0.534. The normalized spacial score (nSPS) is 12.1. The van der Waals surface area contributed by atoms with Crippen LogP contribution in [-0.2, 0) is 9.63 Å². The standard InChI is InChI=1S/C15H21ClN2O3/c1-10(2)9-13(15(20)18(3)21-4)17-14(19)11-5-7-12(16)8-6-11/h5-8,10,13H,9H2,1-4H3,(H,17,19). The molecule has 0 spiro atoms. The highest BCUT2D eigenvalue weighted by Crippen LogP contribution is 2.12. The number of hydrogen-bond acceptors (Lipinski definition) is 3. The number of nitrogens with zero attached hydrogens (tertiary/aromatic N) is 1. The van der Waals surface area contributed by atoms with Crippen molar-refractivity contribution in [2.75, 3.05) is 14.2 Å². The van der Waals surface area contributed by atoms with Crippen molar-refractivity contribution in [1.82, 2.24) is 10.4 Å². The number of carbonyl (C=O) groups excluding carboxylic acids is 2. The molecule has 1 unspecified atom stereocenters. The van der Waals surface area contributed by atoms with E-state index in [2.05, 4.69) is 5.32 Å². The highest BCUT2D eigenvalue weighted by atomic mass is 35.5. The monoisotopic (exact) mass is 312 g/mol. The minimum Gasteiger partial charge on any atom is -0.340 e. The number of rotatable bonds is 6. The van der Waals surface area contributed by atoms with Gasteiger partial charge in [-0.05, 0) is 36.6 Å². The second-order valence-electron chi connectivity index (χ2n) is 5.18. The maximum absolute atomic E-state index is 12.2. The molecule has 0 saturated carbocycles. The van der Waals surface area contributed by atoms with Crippen LogP contribution in [0.5, 0.6) is 0 Å². The van der Waals surface area contributed by atoms with Crippen molar-refractivity contribution < 1.29 is 14.4 Å². The van der Waals surface area contributed by atoms with Crippen LogP contribution in [0.2, 0.25) is 5.02 Å². The fourth-order valence-corrected chi connectivity index (χ4v) is 1.97. The van der Waals surface area contributed by atoms with Gasteiger partial charge in [0.2, 0.25) is 0 Å². The molecule has 0 fully saturated rings. The van der Waals surface area contributed by atoms with Gasteiger partial charge in [0.25, 0.3) is 11.8 Å². The lowest BCUT2D eigenvalue weighted by atomic mass is 10.0. The van der Waals surface area contributed by atoms with Crippen LogP contribution < -0.4 is 5.32 Å². The van der Waals surface area contributed by atoms with Crippen LogP contribution in [0.1, 0.15) is 30.6 Å². The van der Waals surface area contributed by atoms with Crippen LogP contribution in [0.15, 0.2) is 24.3 Å². The van der Waals surface area contributed by atoms with Crippen LogP contribution in [-0.4, -0.2) is 37.1 Å². The zero-order valence-corrected chi connectivity index (χ0v) is 13.5. The third-order valence-corrected chi connectivity index (χ3v) is 3.25. The minimum absolute atomic E-state index is 0.259. The predicted molar refractivity (Wildman–Crippen MR) is 81.9 cm³/mol. The van der Waals surface area contributed by atoms with Crippen molar-refractivity contribution in [3.8, 4) is 0 Å². The number of likely N-dealkylation sites (N-methyl/N-ethyl adjacent to an activating group) is 1. The van der Waals surface area contributed by atoms with Crippen molar-refractivity contribution in [3.05, 3.63) is 34.9 Å². The number of amides is 2. The summed E-state index contributed by atoms with van der Waals surface area (Å²) in [5, 5.41) is 4.42. The average molecular weight is 313 g/mol. The van der Waals surface area contributed by atoms with Gasteiger partial charge in [0.05, 0.1) is 7.11 Å². The molecule has 0 heterocycles. The Labute approximate surface area is 130 Å². The van der Waals surface area contributed by atoms with Gasteiger partial charge in [-0.3, -0.25) is 14.4 Å². The van der Waals surface area contributed by atoms with E-state index < -0.39 is 6.04 Å². The summed E-state index contributed by atoms with van der Waals surface area (Å²) < 4.78 is 0. The molecule has 1 aromatic carbocycles. The minimum atomic E-state index is -0.627. The lowest BCUT2D eigenvalue weighted by molar-refractivity contribution is -0.171. The Balaban J connectivity index is 2.82. The van der Waals surface area contributed by atoms with Crippen molar-refractivity contribution in [3.63, 3.8) is 0 Å². The average Bonchev–Trinajstić information content (AvgIpc) is 2.45. The summed E-state index contributed by atoms with van der Waals surface area (Å²) in [6, 6.07) is 5.88. The molecule has 0 bridgehead atoms. The van der Waals surface area contributed by atoms with E-state index in [1.165, 1.54) is 14.2 Å². The third kappa shape index (κ3) is 5.36. The molecular weight excluding hydrogens is 292 g/mol. The second-order valence-corrected chi connectivity index (χ2v) is 5.62. The van der Waals surface area contributed by atoms with Gasteiger partial charge in [-0.25, -0.2) is 5.06 Å². The fourth-order valence-electron chi connectivity index (χ4n) is 1.85. The van der Waals surface area contributed by atoms with Crippen molar-refractivity contribution in [1.29, 1.82) is 0 Å². The van der Waals surface area contributed by atoms with Gasteiger partial charge in [-0.2, -0.15) is 0 Å². The molecule has 6 heteroatoms. The molecular formula is C15H21ClN2O3. The smallest absolute Gasteiger partial charge is 0.268 e. The highest BCUT2D eigenvalue weighted by Gasteiger charge is 2.25. The second kappa shape index (κ2) is 8.00. The maximum atomic E-state index is 12.2. The van der Waals surface area contributed by atoms with Gasteiger partial charge in [0.15, 0.2) is 0 Å². The lowest BCUT2D eigenvalue weighted by Gasteiger charge is -2.24. The van der Waals surface area contributed by atoms with Gasteiger partial charge < -0.3 is 5.32 Å². The van der Waals surface area contributed by atoms with Crippen LogP contribution in [0.4, 0.5) is 0 Å². The molecule has 1 aromatic rings. The zero-order chi connectivity index (χ0) is 16.0. The first kappa shape index (κ1) is 17.5. The maximum Gasteiger partial charge on any atom is 0.268 e. The number of halogens is 1. The summed E-state index contributed by atoms with van der Waals surface area (Å²) in [7, 11) is 2.93. The SMILES string of the molecule is CON(C)C(=O)C(CC(C)C)NC(=O)c1ccc(Cl)cc1. The molecule has 0 radical (unpaired) electrons. The van der Waals surface area contributed by atoms with E-state index in [4.69, 9.17) is 16.4 Å². The molecule has 1 N–H and O–H groups in total. The Bertz CT molecular complexity index is 488. The molecule has 0 aliphatic heterocycles. The molecule has 0 aliphatic carbocycles. The Morgan fingerprint density at radius 2 is 1.86 bits per heavy atom. The predicted octanol–water partition coefficient (Wildman–Crippen LogP) is 2.50. The van der Waals surface area contributed by atoms with Crippen molar-refractivity contribution in [2.24, 2.45) is 5.92 Å². The molecule has 116 valence electrons. The van der Waals surface area contributed by atoms with Gasteiger partial charge >= 0.3 is 0 Å². The molecule has 1 rings (SSSR count). The van der Waals surface area contributed by atoms with Crippen molar-refractivity contribution >= 4 is 23.4 Å². The van der Waals surface area contributed by atoms with Crippen LogP contribution in [0, 0.1) is 5.92 Å². The Kier molecular flexibility index (Phi) is 6.65. The fraction of sp³-hybridized carbons (Fsp3) is 0.467.